The lowest BCUT2D eigenvalue weighted by molar-refractivity contribution is 0.0698. The van der Waals surface area contributed by atoms with Gasteiger partial charge in [-0.3, -0.25) is 0 Å². The third-order valence-electron chi connectivity index (χ3n) is 3.38. The zero-order valence-corrected chi connectivity index (χ0v) is 10.8. The molecule has 1 fully saturated rings. The summed E-state index contributed by atoms with van der Waals surface area (Å²) in [6.45, 7) is 6.24. The molecular weight excluding hydrogens is 230 g/mol. The lowest BCUT2D eigenvalue weighted by atomic mass is 9.84. The third-order valence-corrected chi connectivity index (χ3v) is 3.38. The van der Waals surface area contributed by atoms with Crippen LogP contribution < -0.4 is 10.6 Å². The Morgan fingerprint density at radius 1 is 1.56 bits per heavy atom. The molecule has 0 amide bonds. The summed E-state index contributed by atoms with van der Waals surface area (Å²) in [5.41, 5.74) is 6.19. The van der Waals surface area contributed by atoms with E-state index < -0.39 is 5.97 Å². The lowest BCUT2D eigenvalue weighted by Crippen LogP contribution is -2.40. The standard InChI is InChI=1S/C13H19N3O2/c1-13(2)4-3-5-16(8-13)11-6-9(12(17)18)10(14)7-15-11/h6-7H,3-5,8,14H2,1-2H3,(H,17,18). The van der Waals surface area contributed by atoms with Gasteiger partial charge in [0.1, 0.15) is 5.82 Å². The number of anilines is 2. The molecule has 0 radical (unpaired) electrons. The van der Waals surface area contributed by atoms with Crippen LogP contribution in [0.1, 0.15) is 37.0 Å². The van der Waals surface area contributed by atoms with E-state index in [1.165, 1.54) is 12.6 Å². The maximum Gasteiger partial charge on any atom is 0.337 e. The molecule has 2 heterocycles. The van der Waals surface area contributed by atoms with Gasteiger partial charge in [0.05, 0.1) is 17.4 Å². The number of rotatable bonds is 2. The van der Waals surface area contributed by atoms with Crippen molar-refractivity contribution in [3.63, 3.8) is 0 Å². The van der Waals surface area contributed by atoms with Crippen LogP contribution in [0, 0.1) is 5.41 Å². The highest BCUT2D eigenvalue weighted by Crippen LogP contribution is 2.31. The molecule has 18 heavy (non-hydrogen) atoms. The Hall–Kier alpha value is -1.78. The topological polar surface area (TPSA) is 79.5 Å². The van der Waals surface area contributed by atoms with Crippen LogP contribution in [0.2, 0.25) is 0 Å². The first kappa shape index (κ1) is 12.7. The third kappa shape index (κ3) is 2.55. The van der Waals surface area contributed by atoms with Gasteiger partial charge in [0.25, 0.3) is 0 Å². The van der Waals surface area contributed by atoms with Gasteiger partial charge in [0, 0.05) is 13.1 Å². The van der Waals surface area contributed by atoms with Crippen LogP contribution in [-0.4, -0.2) is 29.1 Å². The maximum absolute atomic E-state index is 11.1. The Balaban J connectivity index is 2.28. The van der Waals surface area contributed by atoms with Crippen LogP contribution in [0.3, 0.4) is 0 Å². The molecule has 98 valence electrons. The van der Waals surface area contributed by atoms with Gasteiger partial charge in [0.15, 0.2) is 0 Å². The van der Waals surface area contributed by atoms with E-state index in [4.69, 9.17) is 10.8 Å². The molecule has 5 nitrogen and oxygen atoms in total. The van der Waals surface area contributed by atoms with E-state index in [0.717, 1.165) is 19.5 Å². The highest BCUT2D eigenvalue weighted by molar-refractivity contribution is 5.94. The number of aromatic nitrogens is 1. The molecule has 3 N–H and O–H groups in total. The molecule has 0 aromatic carbocycles. The zero-order chi connectivity index (χ0) is 13.3. The SMILES string of the molecule is CC1(C)CCCN(c2cc(C(=O)O)c(N)cn2)C1. The fraction of sp³-hybridized carbons (Fsp3) is 0.538. The minimum atomic E-state index is -1.01. The van der Waals surface area contributed by atoms with Crippen LogP contribution >= 0.6 is 0 Å². The van der Waals surface area contributed by atoms with Crippen molar-refractivity contribution in [1.82, 2.24) is 4.98 Å². The first-order valence-corrected chi connectivity index (χ1v) is 6.13. The Kier molecular flexibility index (Phi) is 3.15. The number of hydrogen-bond donors (Lipinski definition) is 2. The highest BCUT2D eigenvalue weighted by atomic mass is 16.4. The van der Waals surface area contributed by atoms with Gasteiger partial charge in [-0.1, -0.05) is 13.8 Å². The normalized spacial score (nSPS) is 18.7. The van der Waals surface area contributed by atoms with E-state index in [1.54, 1.807) is 6.07 Å². The summed E-state index contributed by atoms with van der Waals surface area (Å²) in [6.07, 6.45) is 3.71. The second-order valence-electron chi connectivity index (χ2n) is 5.62. The van der Waals surface area contributed by atoms with Crippen LogP contribution in [0.4, 0.5) is 11.5 Å². The number of piperidine rings is 1. The van der Waals surface area contributed by atoms with Crippen molar-refractivity contribution in [2.24, 2.45) is 5.41 Å². The number of carbonyl (C=O) groups is 1. The van der Waals surface area contributed by atoms with E-state index in [2.05, 4.69) is 23.7 Å². The van der Waals surface area contributed by atoms with E-state index in [0.29, 0.717) is 5.82 Å². The van der Waals surface area contributed by atoms with Crippen molar-refractivity contribution < 1.29 is 9.90 Å². The summed E-state index contributed by atoms with van der Waals surface area (Å²) < 4.78 is 0. The molecule has 2 rings (SSSR count). The van der Waals surface area contributed by atoms with Crippen molar-refractivity contribution in [1.29, 1.82) is 0 Å². The van der Waals surface area contributed by atoms with E-state index in [9.17, 15) is 4.79 Å². The number of carboxylic acids is 1. The van der Waals surface area contributed by atoms with Gasteiger partial charge in [-0.15, -0.1) is 0 Å². The second-order valence-corrected chi connectivity index (χ2v) is 5.62. The molecule has 0 spiro atoms. The van der Waals surface area contributed by atoms with Crippen molar-refractivity contribution >= 4 is 17.5 Å². The number of pyridine rings is 1. The smallest absolute Gasteiger partial charge is 0.337 e. The van der Waals surface area contributed by atoms with E-state index in [1.807, 2.05) is 0 Å². The van der Waals surface area contributed by atoms with E-state index >= 15 is 0 Å². The van der Waals surface area contributed by atoms with Crippen molar-refractivity contribution in [2.75, 3.05) is 23.7 Å². The largest absolute Gasteiger partial charge is 0.478 e. The van der Waals surface area contributed by atoms with Crippen LogP contribution in [0.5, 0.6) is 0 Å². The second kappa shape index (κ2) is 4.48. The molecule has 1 aliphatic rings. The molecule has 0 atom stereocenters. The average molecular weight is 249 g/mol. The summed E-state index contributed by atoms with van der Waals surface area (Å²) in [7, 11) is 0. The van der Waals surface area contributed by atoms with Gasteiger partial charge in [-0.25, -0.2) is 9.78 Å². The number of nitrogens with two attached hydrogens (primary N) is 1. The quantitative estimate of drug-likeness (QED) is 0.838. The maximum atomic E-state index is 11.1. The Morgan fingerprint density at radius 2 is 2.28 bits per heavy atom. The number of hydrogen-bond acceptors (Lipinski definition) is 4. The molecule has 0 saturated carbocycles. The Labute approximate surface area is 107 Å². The number of carboxylic acid groups (broad SMARTS) is 1. The van der Waals surface area contributed by atoms with E-state index in [-0.39, 0.29) is 16.7 Å². The summed E-state index contributed by atoms with van der Waals surface area (Å²) in [6, 6.07) is 1.57. The monoisotopic (exact) mass is 249 g/mol. The predicted molar refractivity (Wildman–Crippen MR) is 70.8 cm³/mol. The molecule has 0 bridgehead atoms. The van der Waals surface area contributed by atoms with Gasteiger partial charge in [0.2, 0.25) is 0 Å². The lowest BCUT2D eigenvalue weighted by Gasteiger charge is -2.38. The predicted octanol–water partition coefficient (Wildman–Crippen LogP) is 1.99. The molecule has 0 aliphatic carbocycles. The van der Waals surface area contributed by atoms with Gasteiger partial charge >= 0.3 is 5.97 Å². The Bertz CT molecular complexity index is 471. The summed E-state index contributed by atoms with van der Waals surface area (Å²) in [4.78, 5) is 17.4. The number of aromatic carboxylic acids is 1. The molecule has 0 unspecified atom stereocenters. The molecule has 1 aromatic heterocycles. The minimum absolute atomic E-state index is 0.128. The van der Waals surface area contributed by atoms with Crippen molar-refractivity contribution in [3.05, 3.63) is 17.8 Å². The van der Waals surface area contributed by atoms with Gasteiger partial charge in [-0.05, 0) is 24.3 Å². The fourth-order valence-electron chi connectivity index (χ4n) is 2.43. The van der Waals surface area contributed by atoms with Crippen molar-refractivity contribution in [2.45, 2.75) is 26.7 Å². The molecular formula is C13H19N3O2. The summed E-state index contributed by atoms with van der Waals surface area (Å²) in [5.74, 6) is -0.304. The molecule has 1 saturated heterocycles. The minimum Gasteiger partial charge on any atom is -0.478 e. The summed E-state index contributed by atoms with van der Waals surface area (Å²) in [5, 5.41) is 9.06. The first-order valence-electron chi connectivity index (χ1n) is 6.13. The Morgan fingerprint density at radius 3 is 2.89 bits per heavy atom. The van der Waals surface area contributed by atoms with Crippen LogP contribution in [-0.2, 0) is 0 Å². The molecule has 5 heteroatoms. The van der Waals surface area contributed by atoms with Gasteiger partial charge in [-0.2, -0.15) is 0 Å². The van der Waals surface area contributed by atoms with Crippen LogP contribution in [0.25, 0.3) is 0 Å². The first-order chi connectivity index (χ1) is 8.39. The average Bonchev–Trinajstić information content (AvgIpc) is 2.27. The number of nitrogens with zero attached hydrogens (tertiary/aromatic N) is 2. The van der Waals surface area contributed by atoms with Crippen LogP contribution in [0.15, 0.2) is 12.3 Å². The molecule has 1 aliphatic heterocycles. The van der Waals surface area contributed by atoms with Gasteiger partial charge < -0.3 is 15.7 Å². The summed E-state index contributed by atoms with van der Waals surface area (Å²) >= 11 is 0. The molecule has 1 aromatic rings. The van der Waals surface area contributed by atoms with Crippen molar-refractivity contribution in [3.8, 4) is 0 Å². The zero-order valence-electron chi connectivity index (χ0n) is 10.8. The fourth-order valence-corrected chi connectivity index (χ4v) is 2.43. The highest BCUT2D eigenvalue weighted by Gasteiger charge is 2.27. The number of nitrogen functional groups attached to an aromatic ring is 1.